The van der Waals surface area contributed by atoms with Crippen molar-refractivity contribution in [3.63, 3.8) is 0 Å². The Labute approximate surface area is 139 Å². The van der Waals surface area contributed by atoms with Gasteiger partial charge in [-0.15, -0.1) is 0 Å². The van der Waals surface area contributed by atoms with Crippen LogP contribution in [0.2, 0.25) is 0 Å². The summed E-state index contributed by atoms with van der Waals surface area (Å²) in [4.78, 5) is 2.61. The van der Waals surface area contributed by atoms with Crippen LogP contribution < -0.4 is 4.74 Å². The van der Waals surface area contributed by atoms with E-state index in [4.69, 9.17) is 4.74 Å². The van der Waals surface area contributed by atoms with E-state index in [2.05, 4.69) is 24.8 Å². The zero-order chi connectivity index (χ0) is 16.9. The zero-order valence-corrected chi connectivity index (χ0v) is 15.0. The van der Waals surface area contributed by atoms with Gasteiger partial charge in [0, 0.05) is 32.7 Å². The summed E-state index contributed by atoms with van der Waals surface area (Å²) >= 11 is 0. The van der Waals surface area contributed by atoms with E-state index in [1.807, 2.05) is 6.92 Å². The molecule has 23 heavy (non-hydrogen) atoms. The highest BCUT2D eigenvalue weighted by atomic mass is 32.2. The molecule has 0 aromatic heterocycles. The molecule has 0 unspecified atom stereocenters. The van der Waals surface area contributed by atoms with E-state index in [9.17, 15) is 8.42 Å². The topological polar surface area (TPSA) is 49.9 Å². The maximum Gasteiger partial charge on any atom is 0.243 e. The second-order valence-electron chi connectivity index (χ2n) is 5.89. The first-order valence-electron chi connectivity index (χ1n) is 8.02. The van der Waals surface area contributed by atoms with Crippen LogP contribution in [0, 0.1) is 0 Å². The first kappa shape index (κ1) is 18.0. The van der Waals surface area contributed by atoms with Gasteiger partial charge in [0.2, 0.25) is 10.0 Å². The van der Waals surface area contributed by atoms with Gasteiger partial charge in [0.05, 0.1) is 11.5 Å². The molecule has 6 heteroatoms. The highest BCUT2D eigenvalue weighted by molar-refractivity contribution is 7.89. The summed E-state index contributed by atoms with van der Waals surface area (Å²) in [7, 11) is -3.41. The van der Waals surface area contributed by atoms with Crippen molar-refractivity contribution in [2.24, 2.45) is 0 Å². The van der Waals surface area contributed by atoms with Gasteiger partial charge in [-0.2, -0.15) is 4.31 Å². The van der Waals surface area contributed by atoms with Crippen LogP contribution in [-0.4, -0.2) is 57.0 Å². The Kier molecular flexibility index (Phi) is 6.21. The number of nitrogens with zero attached hydrogens (tertiary/aromatic N) is 2. The van der Waals surface area contributed by atoms with Crippen molar-refractivity contribution in [1.29, 1.82) is 0 Å². The van der Waals surface area contributed by atoms with Crippen LogP contribution in [0.5, 0.6) is 5.75 Å². The maximum absolute atomic E-state index is 12.7. The molecule has 1 fully saturated rings. The predicted octanol–water partition coefficient (Wildman–Crippen LogP) is 2.36. The summed E-state index contributed by atoms with van der Waals surface area (Å²) in [6, 6.07) is 6.66. The monoisotopic (exact) mass is 338 g/mol. The van der Waals surface area contributed by atoms with E-state index < -0.39 is 10.0 Å². The second-order valence-corrected chi connectivity index (χ2v) is 7.83. The molecular formula is C17H26N2O3S. The lowest BCUT2D eigenvalue weighted by Crippen LogP contribution is -2.48. The van der Waals surface area contributed by atoms with Crippen molar-refractivity contribution in [3.8, 4) is 5.75 Å². The third kappa shape index (κ3) is 4.80. The average Bonchev–Trinajstić information content (AvgIpc) is 2.54. The smallest absolute Gasteiger partial charge is 0.243 e. The van der Waals surface area contributed by atoms with E-state index in [1.54, 1.807) is 28.6 Å². The van der Waals surface area contributed by atoms with Crippen molar-refractivity contribution >= 4 is 10.0 Å². The first-order chi connectivity index (χ1) is 10.9. The minimum Gasteiger partial charge on any atom is -0.494 e. The van der Waals surface area contributed by atoms with Crippen LogP contribution in [-0.2, 0) is 10.0 Å². The van der Waals surface area contributed by atoms with Gasteiger partial charge in [0.15, 0.2) is 0 Å². The summed E-state index contributed by atoms with van der Waals surface area (Å²) in [5, 5.41) is 0. The third-order valence-corrected chi connectivity index (χ3v) is 5.77. The maximum atomic E-state index is 12.7. The zero-order valence-electron chi connectivity index (χ0n) is 14.2. The number of hydrogen-bond acceptors (Lipinski definition) is 4. The molecule has 1 aromatic rings. The van der Waals surface area contributed by atoms with Crippen molar-refractivity contribution in [2.45, 2.75) is 25.7 Å². The normalized spacial score (nSPS) is 17.0. The molecule has 0 amide bonds. The van der Waals surface area contributed by atoms with E-state index in [0.29, 0.717) is 30.3 Å². The van der Waals surface area contributed by atoms with Crippen LogP contribution in [0.15, 0.2) is 40.8 Å². The summed E-state index contributed by atoms with van der Waals surface area (Å²) in [6.45, 7) is 10.1. The van der Waals surface area contributed by atoms with Crippen LogP contribution >= 0.6 is 0 Å². The minimum absolute atomic E-state index is 0.332. The number of benzene rings is 1. The molecule has 0 N–H and O–H groups in total. The largest absolute Gasteiger partial charge is 0.494 e. The lowest BCUT2D eigenvalue weighted by atomic mass is 10.3. The van der Waals surface area contributed by atoms with Crippen molar-refractivity contribution in [2.75, 3.05) is 39.3 Å². The Balaban J connectivity index is 1.99. The Hall–Kier alpha value is -1.37. The molecule has 0 radical (unpaired) electrons. The Bertz CT molecular complexity index is 626. The Morgan fingerprint density at radius 2 is 1.74 bits per heavy atom. The summed E-state index contributed by atoms with van der Waals surface area (Å²) < 4.78 is 32.3. The van der Waals surface area contributed by atoms with Gasteiger partial charge >= 0.3 is 0 Å². The van der Waals surface area contributed by atoms with Gasteiger partial charge in [0.1, 0.15) is 5.75 Å². The molecule has 0 aliphatic carbocycles. The fourth-order valence-corrected chi connectivity index (χ4v) is 3.91. The summed E-state index contributed by atoms with van der Waals surface area (Å²) in [6.07, 6.45) is 2.18. The molecule has 1 heterocycles. The van der Waals surface area contributed by atoms with Gasteiger partial charge in [-0.3, -0.25) is 4.90 Å². The molecule has 0 atom stereocenters. The molecule has 0 bridgehead atoms. The van der Waals surface area contributed by atoms with Gasteiger partial charge in [-0.1, -0.05) is 11.6 Å². The second kappa shape index (κ2) is 7.95. The fraction of sp³-hybridized carbons (Fsp3) is 0.529. The molecule has 0 spiro atoms. The van der Waals surface area contributed by atoms with E-state index >= 15 is 0 Å². The number of sulfonamides is 1. The number of rotatable bonds is 6. The summed E-state index contributed by atoms with van der Waals surface area (Å²) in [5.41, 5.74) is 1.29. The highest BCUT2D eigenvalue weighted by Gasteiger charge is 2.28. The van der Waals surface area contributed by atoms with Gasteiger partial charge < -0.3 is 4.74 Å². The van der Waals surface area contributed by atoms with Gasteiger partial charge in [0.25, 0.3) is 0 Å². The molecule has 1 aliphatic rings. The molecular weight excluding hydrogens is 312 g/mol. The lowest BCUT2D eigenvalue weighted by Gasteiger charge is -2.33. The number of piperazine rings is 1. The van der Waals surface area contributed by atoms with Crippen LogP contribution in [0.25, 0.3) is 0 Å². The molecule has 1 aliphatic heterocycles. The van der Waals surface area contributed by atoms with Gasteiger partial charge in [-0.25, -0.2) is 8.42 Å². The molecule has 1 aromatic carbocycles. The number of ether oxygens (including phenoxy) is 1. The van der Waals surface area contributed by atoms with Crippen LogP contribution in [0.1, 0.15) is 20.8 Å². The minimum atomic E-state index is -3.41. The van der Waals surface area contributed by atoms with Crippen LogP contribution in [0.4, 0.5) is 0 Å². The molecule has 0 saturated carbocycles. The first-order valence-corrected chi connectivity index (χ1v) is 9.46. The Morgan fingerprint density at radius 1 is 1.13 bits per heavy atom. The highest BCUT2D eigenvalue weighted by Crippen LogP contribution is 2.20. The molecule has 1 saturated heterocycles. The van der Waals surface area contributed by atoms with Crippen molar-refractivity contribution in [3.05, 3.63) is 35.9 Å². The van der Waals surface area contributed by atoms with Crippen molar-refractivity contribution in [1.82, 2.24) is 9.21 Å². The summed E-state index contributed by atoms with van der Waals surface area (Å²) in [5.74, 6) is 0.693. The standard InChI is InChI=1S/C17H26N2O3S/c1-4-22-16-5-7-17(8-6-16)23(20,21)19-13-11-18(12-14-19)10-9-15(2)3/h5-9H,4,10-14H2,1-3H3. The Morgan fingerprint density at radius 3 is 2.26 bits per heavy atom. The van der Waals surface area contributed by atoms with E-state index in [1.165, 1.54) is 5.57 Å². The number of allylic oxidation sites excluding steroid dienone is 1. The van der Waals surface area contributed by atoms with Crippen LogP contribution in [0.3, 0.4) is 0 Å². The van der Waals surface area contributed by atoms with Crippen molar-refractivity contribution < 1.29 is 13.2 Å². The van der Waals surface area contributed by atoms with E-state index in [0.717, 1.165) is 19.6 Å². The molecule has 128 valence electrons. The van der Waals surface area contributed by atoms with Gasteiger partial charge in [-0.05, 0) is 45.0 Å². The average molecular weight is 338 g/mol. The SMILES string of the molecule is CCOc1ccc(S(=O)(=O)N2CCN(CC=C(C)C)CC2)cc1. The third-order valence-electron chi connectivity index (χ3n) is 3.86. The number of hydrogen-bond donors (Lipinski definition) is 0. The van der Waals surface area contributed by atoms with E-state index in [-0.39, 0.29) is 0 Å². The quantitative estimate of drug-likeness (QED) is 0.747. The lowest BCUT2D eigenvalue weighted by molar-refractivity contribution is 0.204. The fourth-order valence-electron chi connectivity index (χ4n) is 2.49. The molecule has 5 nitrogen and oxygen atoms in total. The predicted molar refractivity (Wildman–Crippen MR) is 92.2 cm³/mol. The molecule has 2 rings (SSSR count).